The van der Waals surface area contributed by atoms with Crippen molar-refractivity contribution < 1.29 is 19.4 Å². The van der Waals surface area contributed by atoms with Gasteiger partial charge in [-0.25, -0.2) is 4.79 Å². The van der Waals surface area contributed by atoms with E-state index >= 15 is 0 Å². The van der Waals surface area contributed by atoms with Crippen LogP contribution in [0, 0.1) is 5.92 Å². The number of ether oxygens (including phenoxy) is 2. The highest BCUT2D eigenvalue weighted by molar-refractivity contribution is 5.91. The first-order valence-electron chi connectivity index (χ1n) is 6.68. The summed E-state index contributed by atoms with van der Waals surface area (Å²) in [6.07, 6.45) is 4.35. The normalized spacial score (nSPS) is 22.8. The summed E-state index contributed by atoms with van der Waals surface area (Å²) < 4.78 is 11.0. The second-order valence-electron chi connectivity index (χ2n) is 5.17. The first kappa shape index (κ1) is 13.7. The molecule has 19 heavy (non-hydrogen) atoms. The molecule has 0 spiro atoms. The van der Waals surface area contributed by atoms with Crippen LogP contribution in [0.5, 0.6) is 11.5 Å². The van der Waals surface area contributed by atoms with Crippen molar-refractivity contribution in [2.24, 2.45) is 5.92 Å². The summed E-state index contributed by atoms with van der Waals surface area (Å²) in [6, 6.07) is 4.82. The van der Waals surface area contributed by atoms with E-state index in [0.717, 1.165) is 31.6 Å². The van der Waals surface area contributed by atoms with Crippen LogP contribution in [0.1, 0.15) is 43.0 Å². The molecule has 0 radical (unpaired) electrons. The minimum absolute atomic E-state index is 0.112. The van der Waals surface area contributed by atoms with E-state index in [0.29, 0.717) is 11.5 Å². The van der Waals surface area contributed by atoms with E-state index in [1.54, 1.807) is 19.2 Å². The molecule has 104 valence electrons. The lowest BCUT2D eigenvalue weighted by Crippen LogP contribution is -2.23. The molecule has 1 fully saturated rings. The molecule has 1 saturated carbocycles. The van der Waals surface area contributed by atoms with Crippen molar-refractivity contribution in [2.75, 3.05) is 7.11 Å². The van der Waals surface area contributed by atoms with Gasteiger partial charge in [0.25, 0.3) is 0 Å². The molecule has 1 aromatic carbocycles. The van der Waals surface area contributed by atoms with Gasteiger partial charge >= 0.3 is 5.97 Å². The van der Waals surface area contributed by atoms with Crippen LogP contribution in [0.25, 0.3) is 0 Å². The lowest BCUT2D eigenvalue weighted by molar-refractivity contribution is 0.0684. The summed E-state index contributed by atoms with van der Waals surface area (Å²) in [5, 5.41) is 9.18. The summed E-state index contributed by atoms with van der Waals surface area (Å²) in [5.41, 5.74) is 0.194. The summed E-state index contributed by atoms with van der Waals surface area (Å²) in [5.74, 6) is 0.793. The van der Waals surface area contributed by atoms with Crippen LogP contribution in [0.2, 0.25) is 0 Å². The van der Waals surface area contributed by atoms with Gasteiger partial charge in [-0.05, 0) is 43.7 Å². The fourth-order valence-electron chi connectivity index (χ4n) is 2.43. The fourth-order valence-corrected chi connectivity index (χ4v) is 2.43. The second kappa shape index (κ2) is 5.95. The zero-order valence-electron chi connectivity index (χ0n) is 11.4. The third kappa shape index (κ3) is 3.40. The quantitative estimate of drug-likeness (QED) is 0.906. The van der Waals surface area contributed by atoms with Gasteiger partial charge in [-0.1, -0.05) is 6.92 Å². The molecule has 4 nitrogen and oxygen atoms in total. The molecule has 0 bridgehead atoms. The number of carbonyl (C=O) groups is 1. The van der Waals surface area contributed by atoms with Gasteiger partial charge in [-0.3, -0.25) is 0 Å². The Morgan fingerprint density at radius 1 is 1.26 bits per heavy atom. The molecule has 4 heteroatoms. The van der Waals surface area contributed by atoms with Crippen LogP contribution in [-0.2, 0) is 0 Å². The summed E-state index contributed by atoms with van der Waals surface area (Å²) in [7, 11) is 1.56. The Kier molecular flexibility index (Phi) is 4.30. The maximum absolute atomic E-state index is 11.2. The first-order chi connectivity index (χ1) is 9.10. The Morgan fingerprint density at radius 2 is 1.95 bits per heavy atom. The maximum atomic E-state index is 11.2. The highest BCUT2D eigenvalue weighted by Gasteiger charge is 2.22. The zero-order valence-corrected chi connectivity index (χ0v) is 11.4. The Balaban J connectivity index is 2.15. The second-order valence-corrected chi connectivity index (χ2v) is 5.17. The standard InChI is InChI=1S/C15H20O4/c1-10-3-5-11(6-4-10)19-14-9-12(18-2)7-8-13(14)15(16)17/h7-11H,3-6H2,1-2H3,(H,16,17). The molecule has 1 aromatic rings. The van der Waals surface area contributed by atoms with E-state index < -0.39 is 5.97 Å². The predicted octanol–water partition coefficient (Wildman–Crippen LogP) is 3.35. The lowest BCUT2D eigenvalue weighted by atomic mass is 9.89. The van der Waals surface area contributed by atoms with Crippen molar-refractivity contribution in [1.29, 1.82) is 0 Å². The number of hydrogen-bond acceptors (Lipinski definition) is 3. The number of carboxylic acids is 1. The lowest BCUT2D eigenvalue weighted by Gasteiger charge is -2.27. The number of methoxy groups -OCH3 is 1. The van der Waals surface area contributed by atoms with E-state index in [1.807, 2.05) is 0 Å². The third-order valence-electron chi connectivity index (χ3n) is 3.68. The highest BCUT2D eigenvalue weighted by atomic mass is 16.5. The van der Waals surface area contributed by atoms with Crippen molar-refractivity contribution in [3.05, 3.63) is 23.8 Å². The van der Waals surface area contributed by atoms with Gasteiger partial charge in [0.15, 0.2) is 0 Å². The minimum Gasteiger partial charge on any atom is -0.497 e. The molecule has 0 heterocycles. The molecule has 2 rings (SSSR count). The molecule has 0 amide bonds. The highest BCUT2D eigenvalue weighted by Crippen LogP contribution is 2.31. The SMILES string of the molecule is COc1ccc(C(=O)O)c(OC2CCC(C)CC2)c1. The molecular weight excluding hydrogens is 244 g/mol. The molecule has 1 aliphatic rings. The van der Waals surface area contributed by atoms with E-state index in [1.165, 1.54) is 6.07 Å². The average molecular weight is 264 g/mol. The Bertz CT molecular complexity index is 447. The van der Waals surface area contributed by atoms with Gasteiger partial charge < -0.3 is 14.6 Å². The van der Waals surface area contributed by atoms with Crippen LogP contribution in [-0.4, -0.2) is 24.3 Å². The smallest absolute Gasteiger partial charge is 0.339 e. The van der Waals surface area contributed by atoms with Crippen LogP contribution >= 0.6 is 0 Å². The van der Waals surface area contributed by atoms with Crippen molar-refractivity contribution in [3.8, 4) is 11.5 Å². The maximum Gasteiger partial charge on any atom is 0.339 e. The number of rotatable bonds is 4. The zero-order chi connectivity index (χ0) is 13.8. The van der Waals surface area contributed by atoms with E-state index in [-0.39, 0.29) is 11.7 Å². The minimum atomic E-state index is -0.971. The molecule has 0 aliphatic heterocycles. The number of aromatic carboxylic acids is 1. The molecule has 1 N–H and O–H groups in total. The van der Waals surface area contributed by atoms with E-state index in [9.17, 15) is 9.90 Å². The van der Waals surface area contributed by atoms with Crippen LogP contribution in [0.15, 0.2) is 18.2 Å². The molecule has 1 aliphatic carbocycles. The fraction of sp³-hybridized carbons (Fsp3) is 0.533. The van der Waals surface area contributed by atoms with Crippen LogP contribution in [0.4, 0.5) is 0 Å². The summed E-state index contributed by atoms with van der Waals surface area (Å²) in [6.45, 7) is 2.24. The molecular formula is C15H20O4. The first-order valence-corrected chi connectivity index (χ1v) is 6.68. The van der Waals surface area contributed by atoms with Gasteiger partial charge in [0.2, 0.25) is 0 Å². The molecule has 0 saturated heterocycles. The number of carboxylic acid groups (broad SMARTS) is 1. The molecule has 0 atom stereocenters. The van der Waals surface area contributed by atoms with Gasteiger partial charge in [0.05, 0.1) is 13.2 Å². The van der Waals surface area contributed by atoms with Crippen LogP contribution in [0.3, 0.4) is 0 Å². The molecule has 0 aromatic heterocycles. The predicted molar refractivity (Wildman–Crippen MR) is 72.0 cm³/mol. The van der Waals surface area contributed by atoms with Crippen molar-refractivity contribution in [2.45, 2.75) is 38.7 Å². The largest absolute Gasteiger partial charge is 0.497 e. The van der Waals surface area contributed by atoms with Gasteiger partial charge in [-0.15, -0.1) is 0 Å². The average Bonchev–Trinajstić information content (AvgIpc) is 2.41. The van der Waals surface area contributed by atoms with E-state index in [2.05, 4.69) is 6.92 Å². The molecule has 0 unspecified atom stereocenters. The van der Waals surface area contributed by atoms with Gasteiger partial charge in [0, 0.05) is 6.07 Å². The Hall–Kier alpha value is -1.71. The van der Waals surface area contributed by atoms with Gasteiger partial charge in [0.1, 0.15) is 17.1 Å². The van der Waals surface area contributed by atoms with Crippen molar-refractivity contribution >= 4 is 5.97 Å². The summed E-state index contributed by atoms with van der Waals surface area (Å²) >= 11 is 0. The third-order valence-corrected chi connectivity index (χ3v) is 3.68. The van der Waals surface area contributed by atoms with Gasteiger partial charge in [-0.2, -0.15) is 0 Å². The Morgan fingerprint density at radius 3 is 2.53 bits per heavy atom. The monoisotopic (exact) mass is 264 g/mol. The van der Waals surface area contributed by atoms with Crippen LogP contribution < -0.4 is 9.47 Å². The Labute approximate surface area is 113 Å². The number of benzene rings is 1. The number of hydrogen-bond donors (Lipinski definition) is 1. The van der Waals surface area contributed by atoms with Crippen molar-refractivity contribution in [1.82, 2.24) is 0 Å². The van der Waals surface area contributed by atoms with E-state index in [4.69, 9.17) is 9.47 Å². The topological polar surface area (TPSA) is 55.8 Å². The van der Waals surface area contributed by atoms with Crippen molar-refractivity contribution in [3.63, 3.8) is 0 Å². The summed E-state index contributed by atoms with van der Waals surface area (Å²) in [4.78, 5) is 11.2.